The quantitative estimate of drug-likeness (QED) is 0.642. The second-order valence-corrected chi connectivity index (χ2v) is 9.79. The normalized spacial score (nSPS) is 16.0. The van der Waals surface area contributed by atoms with Crippen molar-refractivity contribution >= 4 is 27.6 Å². The third-order valence-electron chi connectivity index (χ3n) is 5.06. The molecule has 3 heterocycles. The van der Waals surface area contributed by atoms with Gasteiger partial charge < -0.3 is 19.5 Å². The Hall–Kier alpha value is -2.71. The number of aliphatic hydroxyl groups is 1. The lowest BCUT2D eigenvalue weighted by atomic mass is 10.0. The third kappa shape index (κ3) is 4.65. The van der Waals surface area contributed by atoms with Crippen LogP contribution in [0.1, 0.15) is 49.8 Å². The summed E-state index contributed by atoms with van der Waals surface area (Å²) in [4.78, 5) is 24.9. The zero-order chi connectivity index (χ0) is 22.2. The summed E-state index contributed by atoms with van der Waals surface area (Å²) in [5, 5.41) is 11.2. The van der Waals surface area contributed by atoms with Crippen molar-refractivity contribution in [3.63, 3.8) is 0 Å². The number of hydrogen-bond acceptors (Lipinski definition) is 7. The largest absolute Gasteiger partial charge is 0.466 e. The minimum Gasteiger partial charge on any atom is -0.466 e. The van der Waals surface area contributed by atoms with Crippen molar-refractivity contribution in [1.29, 1.82) is 0 Å². The molecule has 0 aliphatic carbocycles. The highest BCUT2D eigenvalue weighted by Gasteiger charge is 2.30. The number of benzene rings is 1. The maximum atomic E-state index is 12.5. The Kier molecular flexibility index (Phi) is 5.85. The number of thiophene rings is 1. The van der Waals surface area contributed by atoms with Crippen LogP contribution >= 0.6 is 11.3 Å². The molecule has 2 atom stereocenters. The fraction of sp³-hybridized carbons (Fsp3) is 0.435. The molecule has 0 saturated carbocycles. The average Bonchev–Trinajstić information content (AvgIpc) is 3.09. The summed E-state index contributed by atoms with van der Waals surface area (Å²) in [6.45, 7) is 8.33. The molecule has 0 radical (unpaired) electrons. The molecule has 1 aliphatic heterocycles. The summed E-state index contributed by atoms with van der Waals surface area (Å²) >= 11 is 1.54. The highest BCUT2D eigenvalue weighted by Crippen LogP contribution is 2.39. The monoisotopic (exact) mass is 441 g/mol. The fourth-order valence-electron chi connectivity index (χ4n) is 3.68. The van der Waals surface area contributed by atoms with E-state index >= 15 is 0 Å². The molecule has 0 spiro atoms. The van der Waals surface area contributed by atoms with E-state index in [1.54, 1.807) is 23.2 Å². The zero-order valence-corrected chi connectivity index (χ0v) is 19.0. The molecule has 1 unspecified atom stereocenters. The van der Waals surface area contributed by atoms with Gasteiger partial charge in [0.25, 0.3) is 0 Å². The van der Waals surface area contributed by atoms with Crippen LogP contribution in [-0.2, 0) is 17.7 Å². The van der Waals surface area contributed by atoms with Gasteiger partial charge in [0.2, 0.25) is 5.88 Å². The molecular weight excluding hydrogens is 414 g/mol. The van der Waals surface area contributed by atoms with Gasteiger partial charge in [-0.1, -0.05) is 30.3 Å². The number of carbonyl (C=O) groups excluding carboxylic acids is 1. The van der Waals surface area contributed by atoms with Gasteiger partial charge in [-0.25, -0.2) is 14.8 Å². The predicted molar refractivity (Wildman–Crippen MR) is 119 cm³/mol. The Morgan fingerprint density at radius 1 is 1.23 bits per heavy atom. The molecule has 0 saturated heterocycles. The molecule has 31 heavy (non-hydrogen) atoms. The maximum Gasteiger partial charge on any atom is 0.410 e. The molecule has 7 nitrogen and oxygen atoms in total. The predicted octanol–water partition coefficient (Wildman–Crippen LogP) is 4.49. The standard InChI is InChI=1S/C23H27N3O4S/c1-14(27)19(15-8-6-5-7-9-15)29-20-18-16-10-11-26(22(28)30-23(2,3)4)12-17(16)31-21(18)25-13-24-20/h5-9,13-14,19,27H,10-12H2,1-4H3/t14?,19-/m1/s1. The van der Waals surface area contributed by atoms with Crippen molar-refractivity contribution in [1.82, 2.24) is 14.9 Å². The van der Waals surface area contributed by atoms with E-state index in [2.05, 4.69) is 9.97 Å². The van der Waals surface area contributed by atoms with E-state index in [-0.39, 0.29) is 6.09 Å². The van der Waals surface area contributed by atoms with Crippen molar-refractivity contribution in [2.75, 3.05) is 6.54 Å². The molecule has 0 fully saturated rings. The van der Waals surface area contributed by atoms with Crippen LogP contribution in [0.4, 0.5) is 4.79 Å². The van der Waals surface area contributed by atoms with Gasteiger partial charge in [-0.3, -0.25) is 0 Å². The first kappa shape index (κ1) is 21.5. The summed E-state index contributed by atoms with van der Waals surface area (Å²) in [5.41, 5.74) is 1.45. The van der Waals surface area contributed by atoms with Gasteiger partial charge in [-0.05, 0) is 45.2 Å². The van der Waals surface area contributed by atoms with Crippen LogP contribution in [0.3, 0.4) is 0 Å². The van der Waals surface area contributed by atoms with Crippen LogP contribution in [0.25, 0.3) is 10.2 Å². The topological polar surface area (TPSA) is 84.8 Å². The van der Waals surface area contributed by atoms with Gasteiger partial charge >= 0.3 is 6.09 Å². The first-order valence-corrected chi connectivity index (χ1v) is 11.2. The molecular formula is C23H27N3O4S. The number of hydrogen-bond donors (Lipinski definition) is 1. The third-order valence-corrected chi connectivity index (χ3v) is 6.18. The minimum absolute atomic E-state index is 0.309. The van der Waals surface area contributed by atoms with Crippen LogP contribution in [0.2, 0.25) is 0 Å². The van der Waals surface area contributed by atoms with Gasteiger partial charge in [0.05, 0.1) is 18.0 Å². The van der Waals surface area contributed by atoms with Gasteiger partial charge in [-0.15, -0.1) is 11.3 Å². The summed E-state index contributed by atoms with van der Waals surface area (Å²) < 4.78 is 11.8. The van der Waals surface area contributed by atoms with E-state index < -0.39 is 17.8 Å². The highest BCUT2D eigenvalue weighted by atomic mass is 32.1. The number of nitrogens with zero attached hydrogens (tertiary/aromatic N) is 3. The van der Waals surface area contributed by atoms with E-state index in [9.17, 15) is 9.90 Å². The molecule has 164 valence electrons. The van der Waals surface area contributed by atoms with Crippen LogP contribution in [0.5, 0.6) is 5.88 Å². The van der Waals surface area contributed by atoms with Crippen molar-refractivity contribution in [3.8, 4) is 5.88 Å². The van der Waals surface area contributed by atoms with Crippen LogP contribution in [0, 0.1) is 0 Å². The fourth-order valence-corrected chi connectivity index (χ4v) is 4.87. The lowest BCUT2D eigenvalue weighted by Gasteiger charge is -2.30. The molecule has 0 bridgehead atoms. The minimum atomic E-state index is -0.718. The molecule has 1 amide bonds. The Morgan fingerprint density at radius 2 is 1.97 bits per heavy atom. The van der Waals surface area contributed by atoms with Crippen LogP contribution in [-0.4, -0.2) is 44.3 Å². The van der Waals surface area contributed by atoms with Crippen LogP contribution < -0.4 is 4.74 Å². The molecule has 1 aliphatic rings. The van der Waals surface area contributed by atoms with Crippen LogP contribution in [0.15, 0.2) is 36.7 Å². The van der Waals surface area contributed by atoms with E-state index in [1.165, 1.54) is 6.33 Å². The summed E-state index contributed by atoms with van der Waals surface area (Å²) in [7, 11) is 0. The summed E-state index contributed by atoms with van der Waals surface area (Å²) in [5.74, 6) is 0.461. The van der Waals surface area contributed by atoms with Crippen molar-refractivity contribution in [2.45, 2.75) is 58.5 Å². The molecule has 1 aromatic carbocycles. The summed E-state index contributed by atoms with van der Waals surface area (Å²) in [6, 6.07) is 9.62. The SMILES string of the molecule is CC(O)[C@@H](Oc1ncnc2sc3c(c12)CCN(C(=O)OC(C)(C)C)C3)c1ccccc1. The Balaban J connectivity index is 1.64. The Morgan fingerprint density at radius 3 is 2.65 bits per heavy atom. The lowest BCUT2D eigenvalue weighted by Crippen LogP contribution is -2.39. The van der Waals surface area contributed by atoms with E-state index in [0.717, 1.165) is 26.2 Å². The van der Waals surface area contributed by atoms with Gasteiger partial charge in [0.1, 0.15) is 16.8 Å². The number of rotatable bonds is 4. The number of ether oxygens (including phenoxy) is 2. The molecule has 4 rings (SSSR count). The Labute approximate surface area is 185 Å². The second-order valence-electron chi connectivity index (χ2n) is 8.70. The molecule has 8 heteroatoms. The smallest absolute Gasteiger partial charge is 0.410 e. The second kappa shape index (κ2) is 8.43. The zero-order valence-electron chi connectivity index (χ0n) is 18.2. The molecule has 2 aromatic heterocycles. The van der Waals surface area contributed by atoms with E-state index in [4.69, 9.17) is 9.47 Å². The Bertz CT molecular complexity index is 1080. The first-order valence-electron chi connectivity index (χ1n) is 10.4. The van der Waals surface area contributed by atoms with Gasteiger partial charge in [0.15, 0.2) is 6.10 Å². The van der Waals surface area contributed by atoms with Crippen molar-refractivity contribution < 1.29 is 19.4 Å². The van der Waals surface area contributed by atoms with Gasteiger partial charge in [0, 0.05) is 11.4 Å². The first-order chi connectivity index (χ1) is 14.7. The van der Waals surface area contributed by atoms with E-state index in [1.807, 2.05) is 51.1 Å². The maximum absolute atomic E-state index is 12.5. The molecule has 1 N–H and O–H groups in total. The number of amides is 1. The number of carbonyl (C=O) groups is 1. The average molecular weight is 442 g/mol. The van der Waals surface area contributed by atoms with Crippen molar-refractivity contribution in [2.24, 2.45) is 0 Å². The van der Waals surface area contributed by atoms with E-state index in [0.29, 0.717) is 25.4 Å². The highest BCUT2D eigenvalue weighted by molar-refractivity contribution is 7.18. The van der Waals surface area contributed by atoms with Crippen molar-refractivity contribution in [3.05, 3.63) is 52.7 Å². The number of aromatic nitrogens is 2. The number of fused-ring (bicyclic) bond motifs is 3. The molecule has 3 aromatic rings. The van der Waals surface area contributed by atoms with Gasteiger partial charge in [-0.2, -0.15) is 0 Å². The number of aliphatic hydroxyl groups excluding tert-OH is 1. The summed E-state index contributed by atoms with van der Waals surface area (Å²) in [6.07, 6.45) is 0.580. The lowest BCUT2D eigenvalue weighted by molar-refractivity contribution is 0.0226.